The van der Waals surface area contributed by atoms with Crippen molar-refractivity contribution in [3.05, 3.63) is 29.3 Å². The lowest BCUT2D eigenvalue weighted by atomic mass is 9.79. The highest BCUT2D eigenvalue weighted by molar-refractivity contribution is 6.33. The number of piperidine rings is 1. The molecule has 1 unspecified atom stereocenters. The summed E-state index contributed by atoms with van der Waals surface area (Å²) in [6.45, 7) is 3.35. The Balaban J connectivity index is 0.00000169. The van der Waals surface area contributed by atoms with Crippen LogP contribution in [0, 0.1) is 5.41 Å². The van der Waals surface area contributed by atoms with Gasteiger partial charge in [-0.15, -0.1) is 24.8 Å². The first-order valence-electron chi connectivity index (χ1n) is 8.73. The van der Waals surface area contributed by atoms with Crippen LogP contribution in [0.15, 0.2) is 24.3 Å². The zero-order valence-electron chi connectivity index (χ0n) is 14.8. The third-order valence-electron chi connectivity index (χ3n) is 5.27. The summed E-state index contributed by atoms with van der Waals surface area (Å²) < 4.78 is 5.40. The minimum absolute atomic E-state index is 0. The van der Waals surface area contributed by atoms with Gasteiger partial charge in [-0.3, -0.25) is 4.79 Å². The van der Waals surface area contributed by atoms with E-state index in [0.717, 1.165) is 36.6 Å². The van der Waals surface area contributed by atoms with E-state index in [1.165, 1.54) is 0 Å². The number of benzene rings is 1. The highest BCUT2D eigenvalue weighted by atomic mass is 35.5. The number of nitrogens with two attached hydrogens (primary N) is 1. The van der Waals surface area contributed by atoms with Crippen molar-refractivity contribution in [1.29, 1.82) is 0 Å². The number of anilines is 1. The Bertz CT molecular complexity index is 583. The van der Waals surface area contributed by atoms with Crippen molar-refractivity contribution in [2.24, 2.45) is 11.1 Å². The Labute approximate surface area is 172 Å². The maximum absolute atomic E-state index is 12.8. The van der Waals surface area contributed by atoms with Crippen LogP contribution in [-0.2, 0) is 9.53 Å². The molecule has 26 heavy (non-hydrogen) atoms. The van der Waals surface area contributed by atoms with Crippen molar-refractivity contribution in [1.82, 2.24) is 5.32 Å². The number of carbonyl (C=O) groups is 1. The average molecular weight is 425 g/mol. The van der Waals surface area contributed by atoms with Crippen LogP contribution in [0.25, 0.3) is 0 Å². The zero-order chi connectivity index (χ0) is 17.0. The van der Waals surface area contributed by atoms with E-state index in [1.807, 2.05) is 24.3 Å². The number of nitrogens with zero attached hydrogens (tertiary/aromatic N) is 1. The number of ether oxygens (including phenoxy) is 1. The third kappa shape index (κ3) is 5.17. The summed E-state index contributed by atoms with van der Waals surface area (Å²) in [5.74, 6) is 0.0827. The van der Waals surface area contributed by atoms with Crippen molar-refractivity contribution in [2.45, 2.75) is 31.7 Å². The van der Waals surface area contributed by atoms with Gasteiger partial charge in [-0.25, -0.2) is 0 Å². The molecule has 0 saturated carbocycles. The van der Waals surface area contributed by atoms with Crippen molar-refractivity contribution in [3.8, 4) is 0 Å². The molecular formula is C18H28Cl3N3O2. The topological polar surface area (TPSA) is 67.6 Å². The van der Waals surface area contributed by atoms with Crippen LogP contribution in [-0.4, -0.2) is 44.8 Å². The molecule has 1 aromatic carbocycles. The molecule has 3 rings (SSSR count). The molecule has 148 valence electrons. The Hall–Kier alpha value is -0.720. The van der Waals surface area contributed by atoms with Crippen molar-refractivity contribution in [3.63, 3.8) is 0 Å². The molecule has 0 spiro atoms. The summed E-state index contributed by atoms with van der Waals surface area (Å²) in [6.07, 6.45) is 3.44. The van der Waals surface area contributed by atoms with Crippen LogP contribution in [0.2, 0.25) is 5.02 Å². The van der Waals surface area contributed by atoms with Gasteiger partial charge >= 0.3 is 0 Å². The lowest BCUT2D eigenvalue weighted by Crippen LogP contribution is -2.55. The van der Waals surface area contributed by atoms with Crippen molar-refractivity contribution < 1.29 is 9.53 Å². The summed E-state index contributed by atoms with van der Waals surface area (Å²) in [5, 5.41) is 4.00. The van der Waals surface area contributed by atoms with Gasteiger partial charge < -0.3 is 20.7 Å². The molecule has 1 amide bonds. The van der Waals surface area contributed by atoms with Crippen LogP contribution >= 0.6 is 36.4 Å². The van der Waals surface area contributed by atoms with Crippen molar-refractivity contribution in [2.75, 3.05) is 37.7 Å². The van der Waals surface area contributed by atoms with E-state index in [9.17, 15) is 4.79 Å². The Kier molecular flexibility index (Phi) is 9.48. The molecule has 5 nitrogen and oxygen atoms in total. The SMILES string of the molecule is Cl.Cl.NCC1(C(=O)NC2CCCN(c3ccccc3Cl)C2)CCOCC1. The number of nitrogens with one attached hydrogen (secondary N) is 1. The van der Waals surface area contributed by atoms with Gasteiger partial charge in [-0.05, 0) is 37.8 Å². The molecule has 2 fully saturated rings. The summed E-state index contributed by atoms with van der Waals surface area (Å²) in [7, 11) is 0. The summed E-state index contributed by atoms with van der Waals surface area (Å²) in [4.78, 5) is 15.1. The molecule has 2 aliphatic heterocycles. The molecule has 1 aromatic rings. The van der Waals surface area contributed by atoms with E-state index >= 15 is 0 Å². The molecular weight excluding hydrogens is 397 g/mol. The fourth-order valence-electron chi connectivity index (χ4n) is 3.65. The Morgan fingerprint density at radius 1 is 1.31 bits per heavy atom. The van der Waals surface area contributed by atoms with Crippen LogP contribution in [0.5, 0.6) is 0 Å². The summed E-state index contributed by atoms with van der Waals surface area (Å²) >= 11 is 6.32. The maximum atomic E-state index is 12.8. The van der Waals surface area contributed by atoms with E-state index < -0.39 is 5.41 Å². The minimum atomic E-state index is -0.467. The Morgan fingerprint density at radius 2 is 2.00 bits per heavy atom. The van der Waals surface area contributed by atoms with Gasteiger partial charge in [-0.1, -0.05) is 23.7 Å². The van der Waals surface area contributed by atoms with Crippen LogP contribution in [0.4, 0.5) is 5.69 Å². The smallest absolute Gasteiger partial charge is 0.227 e. The van der Waals surface area contributed by atoms with E-state index in [2.05, 4.69) is 10.2 Å². The molecule has 1 atom stereocenters. The van der Waals surface area contributed by atoms with Gasteiger partial charge in [-0.2, -0.15) is 0 Å². The number of rotatable bonds is 4. The highest BCUT2D eigenvalue weighted by Crippen LogP contribution is 2.31. The molecule has 0 bridgehead atoms. The van der Waals surface area contributed by atoms with Crippen LogP contribution < -0.4 is 16.0 Å². The first-order chi connectivity index (χ1) is 11.6. The maximum Gasteiger partial charge on any atom is 0.227 e. The summed E-state index contributed by atoms with van der Waals surface area (Å²) in [5.41, 5.74) is 6.51. The number of halogens is 3. The van der Waals surface area contributed by atoms with Gasteiger partial charge in [0.25, 0.3) is 0 Å². The zero-order valence-corrected chi connectivity index (χ0v) is 17.2. The second kappa shape index (κ2) is 10.6. The summed E-state index contributed by atoms with van der Waals surface area (Å²) in [6, 6.07) is 8.01. The lowest BCUT2D eigenvalue weighted by Gasteiger charge is -2.39. The predicted molar refractivity (Wildman–Crippen MR) is 111 cm³/mol. The Morgan fingerprint density at radius 3 is 2.65 bits per heavy atom. The normalized spacial score (nSPS) is 21.9. The van der Waals surface area contributed by atoms with Gasteiger partial charge in [0.2, 0.25) is 5.91 Å². The van der Waals surface area contributed by atoms with E-state index in [4.69, 9.17) is 22.1 Å². The van der Waals surface area contributed by atoms with Gasteiger partial charge in [0.15, 0.2) is 0 Å². The highest BCUT2D eigenvalue weighted by Gasteiger charge is 2.40. The monoisotopic (exact) mass is 423 g/mol. The minimum Gasteiger partial charge on any atom is -0.381 e. The number of amides is 1. The van der Waals surface area contributed by atoms with Gasteiger partial charge in [0.1, 0.15) is 0 Å². The standard InChI is InChI=1S/C18H26ClN3O2.2ClH/c19-15-5-1-2-6-16(15)22-9-3-4-14(12-22)21-17(23)18(13-20)7-10-24-11-8-18;;/h1-2,5-6,14H,3-4,7-13,20H2,(H,21,23);2*1H. The van der Waals surface area contributed by atoms with Gasteiger partial charge in [0.05, 0.1) is 16.1 Å². The second-order valence-electron chi connectivity index (χ2n) is 6.81. The molecule has 0 radical (unpaired) electrons. The number of hydrogen-bond acceptors (Lipinski definition) is 4. The van der Waals surface area contributed by atoms with Crippen LogP contribution in [0.3, 0.4) is 0 Å². The third-order valence-corrected chi connectivity index (χ3v) is 5.59. The largest absolute Gasteiger partial charge is 0.381 e. The second-order valence-corrected chi connectivity index (χ2v) is 7.21. The molecule has 2 heterocycles. The van der Waals surface area contributed by atoms with Gasteiger partial charge in [0, 0.05) is 38.9 Å². The average Bonchev–Trinajstić information content (AvgIpc) is 2.63. The van der Waals surface area contributed by atoms with E-state index in [1.54, 1.807) is 0 Å². The predicted octanol–water partition coefficient (Wildman–Crippen LogP) is 3.02. The number of hydrogen-bond donors (Lipinski definition) is 2. The first-order valence-corrected chi connectivity index (χ1v) is 9.11. The lowest BCUT2D eigenvalue weighted by molar-refractivity contribution is -0.136. The fraction of sp³-hybridized carbons (Fsp3) is 0.611. The molecule has 0 aliphatic carbocycles. The van der Waals surface area contributed by atoms with Crippen molar-refractivity contribution >= 4 is 48.0 Å². The molecule has 8 heteroatoms. The molecule has 3 N–H and O–H groups in total. The molecule has 2 saturated heterocycles. The number of carbonyl (C=O) groups excluding carboxylic acids is 1. The fourth-order valence-corrected chi connectivity index (χ4v) is 3.90. The number of para-hydroxylation sites is 1. The van der Waals surface area contributed by atoms with E-state index in [-0.39, 0.29) is 36.8 Å². The molecule has 2 aliphatic rings. The quantitative estimate of drug-likeness (QED) is 0.779. The first kappa shape index (κ1) is 23.3. The molecule has 0 aromatic heterocycles. The van der Waals surface area contributed by atoms with Crippen LogP contribution in [0.1, 0.15) is 25.7 Å². The van der Waals surface area contributed by atoms with E-state index in [0.29, 0.717) is 32.6 Å².